The van der Waals surface area contributed by atoms with E-state index in [2.05, 4.69) is 60.5 Å². The summed E-state index contributed by atoms with van der Waals surface area (Å²) in [6.07, 6.45) is 9.78. The topological polar surface area (TPSA) is 15.6 Å². The molecule has 0 radical (unpaired) electrons. The lowest BCUT2D eigenvalue weighted by Crippen LogP contribution is -2.37. The molecule has 0 bridgehead atoms. The lowest BCUT2D eigenvalue weighted by atomic mass is 10.0. The van der Waals surface area contributed by atoms with Crippen LogP contribution in [0.3, 0.4) is 0 Å². The van der Waals surface area contributed by atoms with Gasteiger partial charge in [0.25, 0.3) is 0 Å². The van der Waals surface area contributed by atoms with E-state index < -0.39 is 0 Å². The third-order valence-electron chi connectivity index (χ3n) is 3.32. The normalized spacial score (nSPS) is 26.6. The molecule has 2 nitrogen and oxygen atoms in total. The first-order chi connectivity index (χ1) is 8.34. The molecule has 3 rings (SSSR count). The zero-order chi connectivity index (χ0) is 11.7. The lowest BCUT2D eigenvalue weighted by Gasteiger charge is -2.33. The predicted octanol–water partition coefficient (Wildman–Crippen LogP) is 3.30. The maximum atomic E-state index is 4.79. The average molecular weight is 224 g/mol. The number of rotatable bonds is 1. The van der Waals surface area contributed by atoms with Crippen LogP contribution in [-0.2, 0) is 0 Å². The molecule has 1 aromatic rings. The van der Waals surface area contributed by atoms with Crippen molar-refractivity contribution < 1.29 is 0 Å². The second-order valence-electron chi connectivity index (χ2n) is 4.58. The summed E-state index contributed by atoms with van der Waals surface area (Å²) in [5.74, 6) is 1.08. The number of nitrogens with zero attached hydrogens (tertiary/aromatic N) is 2. The molecule has 0 amide bonds. The fourth-order valence-electron chi connectivity index (χ4n) is 2.32. The number of benzene rings is 1. The Morgan fingerprint density at radius 2 is 2.06 bits per heavy atom. The van der Waals surface area contributed by atoms with Crippen molar-refractivity contribution in [3.63, 3.8) is 0 Å². The Morgan fingerprint density at radius 1 is 1.24 bits per heavy atom. The molecular weight excluding hydrogens is 208 g/mol. The first kappa shape index (κ1) is 10.3. The van der Waals surface area contributed by atoms with Gasteiger partial charge < -0.3 is 4.90 Å². The third kappa shape index (κ3) is 1.91. The van der Waals surface area contributed by atoms with E-state index in [9.17, 15) is 0 Å². The van der Waals surface area contributed by atoms with E-state index in [1.807, 2.05) is 6.07 Å². The van der Waals surface area contributed by atoms with Crippen LogP contribution in [0.4, 0.5) is 0 Å². The smallest absolute Gasteiger partial charge is 0.128 e. The molecule has 2 heteroatoms. The number of hydrogen-bond acceptors (Lipinski definition) is 2. The van der Waals surface area contributed by atoms with Gasteiger partial charge in [-0.15, -0.1) is 0 Å². The molecule has 86 valence electrons. The van der Waals surface area contributed by atoms with Crippen LogP contribution in [0.5, 0.6) is 0 Å². The Kier molecular flexibility index (Phi) is 2.56. The highest BCUT2D eigenvalue weighted by Gasteiger charge is 2.22. The molecular formula is C15H16N2. The Balaban J connectivity index is 1.92. The number of fused-ring (bicyclic) bond motifs is 1. The van der Waals surface area contributed by atoms with Gasteiger partial charge in [0.1, 0.15) is 5.84 Å². The van der Waals surface area contributed by atoms with Crippen LogP contribution in [0, 0.1) is 0 Å². The summed E-state index contributed by atoms with van der Waals surface area (Å²) in [6, 6.07) is 11.1. The molecule has 2 atom stereocenters. The van der Waals surface area contributed by atoms with Crippen molar-refractivity contribution >= 4 is 5.84 Å². The summed E-state index contributed by atoms with van der Waals surface area (Å²) in [5.41, 5.74) is 1.25. The maximum Gasteiger partial charge on any atom is 0.128 e. The minimum atomic E-state index is 0.164. The van der Waals surface area contributed by atoms with Crippen LogP contribution in [0.2, 0.25) is 0 Å². The lowest BCUT2D eigenvalue weighted by molar-refractivity contribution is 0.414. The SMILES string of the molecule is CC1CC=CC2=NC(c3ccccc3)C=CN21. The molecule has 1 aromatic carbocycles. The Morgan fingerprint density at radius 3 is 2.88 bits per heavy atom. The summed E-state index contributed by atoms with van der Waals surface area (Å²) in [5, 5.41) is 0. The van der Waals surface area contributed by atoms with E-state index in [-0.39, 0.29) is 6.04 Å². The maximum absolute atomic E-state index is 4.79. The van der Waals surface area contributed by atoms with Crippen molar-refractivity contribution in [1.82, 2.24) is 4.90 Å². The third-order valence-corrected chi connectivity index (χ3v) is 3.32. The predicted molar refractivity (Wildman–Crippen MR) is 70.8 cm³/mol. The van der Waals surface area contributed by atoms with Gasteiger partial charge in [-0.05, 0) is 31.1 Å². The molecule has 2 unspecified atom stereocenters. The average Bonchev–Trinajstić information content (AvgIpc) is 2.40. The largest absolute Gasteiger partial charge is 0.330 e. The monoisotopic (exact) mass is 224 g/mol. The first-order valence-corrected chi connectivity index (χ1v) is 6.10. The molecule has 0 saturated carbocycles. The van der Waals surface area contributed by atoms with E-state index >= 15 is 0 Å². The summed E-state index contributed by atoms with van der Waals surface area (Å²) in [7, 11) is 0. The van der Waals surface area contributed by atoms with Crippen LogP contribution in [0.1, 0.15) is 24.9 Å². The fraction of sp³-hybridized carbons (Fsp3) is 0.267. The molecule has 0 fully saturated rings. The van der Waals surface area contributed by atoms with Crippen LogP contribution < -0.4 is 0 Å². The van der Waals surface area contributed by atoms with Crippen molar-refractivity contribution in [3.8, 4) is 0 Å². The van der Waals surface area contributed by atoms with Gasteiger partial charge in [0, 0.05) is 12.2 Å². The van der Waals surface area contributed by atoms with Crippen LogP contribution in [0.25, 0.3) is 0 Å². The Hall–Kier alpha value is -1.83. The van der Waals surface area contributed by atoms with Gasteiger partial charge in [-0.1, -0.05) is 36.4 Å². The molecule has 0 N–H and O–H groups in total. The first-order valence-electron chi connectivity index (χ1n) is 6.10. The van der Waals surface area contributed by atoms with Gasteiger partial charge >= 0.3 is 0 Å². The minimum absolute atomic E-state index is 0.164. The summed E-state index contributed by atoms with van der Waals surface area (Å²) >= 11 is 0. The standard InChI is InChI=1S/C15H16N2/c1-12-6-5-9-15-16-14(10-11-17(12)15)13-7-3-2-4-8-13/h2-5,7-12,14H,6H2,1H3. The molecule has 2 aliphatic rings. The van der Waals surface area contributed by atoms with Gasteiger partial charge in [-0.3, -0.25) is 4.99 Å². The van der Waals surface area contributed by atoms with Gasteiger partial charge in [-0.25, -0.2) is 0 Å². The second-order valence-corrected chi connectivity index (χ2v) is 4.58. The van der Waals surface area contributed by atoms with Crippen LogP contribution in [-0.4, -0.2) is 16.8 Å². The van der Waals surface area contributed by atoms with Crippen molar-refractivity contribution in [2.75, 3.05) is 0 Å². The van der Waals surface area contributed by atoms with Gasteiger partial charge in [0.15, 0.2) is 0 Å². The molecule has 0 saturated heterocycles. The number of amidine groups is 1. The van der Waals surface area contributed by atoms with Crippen molar-refractivity contribution in [3.05, 3.63) is 60.3 Å². The number of aliphatic imine (C=N–C) groups is 1. The van der Waals surface area contributed by atoms with Gasteiger partial charge in [0.05, 0.1) is 6.04 Å². The Bertz CT molecular complexity index is 485. The van der Waals surface area contributed by atoms with Crippen LogP contribution >= 0.6 is 0 Å². The van der Waals surface area contributed by atoms with E-state index in [0.717, 1.165) is 12.3 Å². The zero-order valence-electron chi connectivity index (χ0n) is 9.95. The molecule has 0 aromatic heterocycles. The summed E-state index contributed by atoms with van der Waals surface area (Å²) in [6.45, 7) is 2.23. The molecule has 17 heavy (non-hydrogen) atoms. The molecule has 0 spiro atoms. The second kappa shape index (κ2) is 4.21. The van der Waals surface area contributed by atoms with E-state index in [0.29, 0.717) is 6.04 Å². The minimum Gasteiger partial charge on any atom is -0.330 e. The highest BCUT2D eigenvalue weighted by molar-refractivity contribution is 5.95. The van der Waals surface area contributed by atoms with Gasteiger partial charge in [0.2, 0.25) is 0 Å². The number of hydrogen-bond donors (Lipinski definition) is 0. The van der Waals surface area contributed by atoms with Crippen LogP contribution in [0.15, 0.2) is 59.8 Å². The molecule has 2 aliphatic heterocycles. The zero-order valence-corrected chi connectivity index (χ0v) is 9.95. The van der Waals surface area contributed by atoms with E-state index in [1.165, 1.54) is 5.56 Å². The Labute approximate surface area is 102 Å². The van der Waals surface area contributed by atoms with Gasteiger partial charge in [-0.2, -0.15) is 0 Å². The highest BCUT2D eigenvalue weighted by Crippen LogP contribution is 2.26. The highest BCUT2D eigenvalue weighted by atomic mass is 15.2. The van der Waals surface area contributed by atoms with E-state index in [1.54, 1.807) is 0 Å². The molecule has 0 aliphatic carbocycles. The quantitative estimate of drug-likeness (QED) is 0.714. The summed E-state index contributed by atoms with van der Waals surface area (Å²) < 4.78 is 0. The van der Waals surface area contributed by atoms with E-state index in [4.69, 9.17) is 4.99 Å². The van der Waals surface area contributed by atoms with Crippen molar-refractivity contribution in [2.24, 2.45) is 4.99 Å². The molecule has 2 heterocycles. The van der Waals surface area contributed by atoms with Crippen molar-refractivity contribution in [2.45, 2.75) is 25.4 Å². The fourth-order valence-corrected chi connectivity index (χ4v) is 2.32. The van der Waals surface area contributed by atoms with Crippen molar-refractivity contribution in [1.29, 1.82) is 0 Å². The summed E-state index contributed by atoms with van der Waals surface area (Å²) in [4.78, 5) is 7.04.